The van der Waals surface area contributed by atoms with E-state index in [9.17, 15) is 25.5 Å². The molecule has 0 fully saturated rings. The Labute approximate surface area is 813 Å². The molecule has 12 unspecified atom stereocenters. The molecule has 12 atom stereocenters. The summed E-state index contributed by atoms with van der Waals surface area (Å²) in [6.07, 6.45) is 20.8. The lowest BCUT2D eigenvalue weighted by molar-refractivity contribution is 0.0104. The SMILES string of the molecule is [2H]C([2H])([2H])C1(C([2H])([2H])[2H])Oc2cc(CCc3ccccc3)cc(O)c2C2C=C(C)CCC21.[2H]C([2H])([2H])C1(C)Oc2cc(CCc3ccccc3)cc(O)c2C2C=C(C)CCC21.[2H]C([2H])([2H])C1=CC2c3c(O)cc(CCc4ccccc4)cc3OC(C([2H])([2H])[2H])(C([2H])([2H])[2H])C2CC1.[2H]C([2H])([2H])C1=CC2c3c(O)cc(CCc4ccccc4)cc3OC(C)(C([2H])([2H])[2H])C2CC1.[2H]C([2H])([2H])C1=CC2c3c(O)cc(CCc4ccccc4)cc3OC(C)(C)C2CC1. The molecule has 680 valence electrons. The molecule has 0 bridgehead atoms. The molecule has 0 saturated heterocycles. The van der Waals surface area contributed by atoms with Gasteiger partial charge in [-0.2, -0.15) is 0 Å². The van der Waals surface area contributed by atoms with Gasteiger partial charge in [0.15, 0.2) is 0 Å². The summed E-state index contributed by atoms with van der Waals surface area (Å²) in [7, 11) is 0. The molecule has 130 heavy (non-hydrogen) atoms. The maximum atomic E-state index is 11.0. The van der Waals surface area contributed by atoms with E-state index in [0.29, 0.717) is 96.5 Å². The largest absolute Gasteiger partial charge is 0.507 e. The van der Waals surface area contributed by atoms with E-state index >= 15 is 0 Å². The van der Waals surface area contributed by atoms with Crippen molar-refractivity contribution in [3.8, 4) is 57.5 Å². The summed E-state index contributed by atoms with van der Waals surface area (Å²) in [6, 6.07) is 67.7. The molecule has 5 aliphatic heterocycles. The molecule has 10 aliphatic rings. The van der Waals surface area contributed by atoms with Gasteiger partial charge in [0.2, 0.25) is 0 Å². The highest BCUT2D eigenvalue weighted by atomic mass is 16.5. The average molecular weight is 1770 g/mol. The van der Waals surface area contributed by atoms with Gasteiger partial charge in [0.05, 0.1) is 0 Å². The normalized spacial score (nSPS) is 28.8. The van der Waals surface area contributed by atoms with E-state index in [1.807, 2.05) is 171 Å². The van der Waals surface area contributed by atoms with Crippen molar-refractivity contribution in [1.29, 1.82) is 0 Å². The Morgan fingerprint density at radius 3 is 0.654 bits per heavy atom. The molecule has 0 amide bonds. The number of allylic oxidation sites excluding steroid dienone is 10. The number of hydrogen-bond acceptors (Lipinski definition) is 10. The zero-order valence-electron chi connectivity index (χ0n) is 102. The number of aromatic hydroxyl groups is 5. The molecule has 0 spiro atoms. The van der Waals surface area contributed by atoms with Gasteiger partial charge < -0.3 is 49.2 Å². The summed E-state index contributed by atoms with van der Waals surface area (Å²) in [5.41, 5.74) is 7.95. The molecule has 10 nitrogen and oxygen atoms in total. The number of aryl methyl sites for hydroxylation is 10. The molecule has 10 aromatic rings. The fourth-order valence-electron chi connectivity index (χ4n) is 21.5. The van der Waals surface area contributed by atoms with Crippen molar-refractivity contribution in [1.82, 2.24) is 0 Å². The molecule has 0 saturated carbocycles. The van der Waals surface area contributed by atoms with Crippen LogP contribution in [0.2, 0.25) is 0 Å². The van der Waals surface area contributed by atoms with Crippen LogP contribution in [-0.2, 0) is 64.2 Å². The molecule has 10 aromatic carbocycles. The Morgan fingerprint density at radius 1 is 0.246 bits per heavy atom. The zero-order chi connectivity index (χ0) is 114. The van der Waals surface area contributed by atoms with Gasteiger partial charge in [-0.1, -0.05) is 210 Å². The summed E-state index contributed by atoms with van der Waals surface area (Å²) in [4.78, 5) is 0. The first-order valence-electron chi connectivity index (χ1n) is 59.7. The first kappa shape index (κ1) is 63.8. The summed E-state index contributed by atoms with van der Waals surface area (Å²) in [6.45, 7) is -11.7. The highest BCUT2D eigenvalue weighted by molar-refractivity contribution is 5.60. The van der Waals surface area contributed by atoms with Crippen molar-refractivity contribution < 1.29 is 86.2 Å². The minimum absolute atomic E-state index is 0.000306. The number of benzene rings is 10. The highest BCUT2D eigenvalue weighted by Crippen LogP contribution is 2.60. The second-order valence-electron chi connectivity index (χ2n) is 38.3. The summed E-state index contributed by atoms with van der Waals surface area (Å²) in [5, 5.41) is 54.7. The van der Waals surface area contributed by atoms with E-state index in [4.69, 9.17) is 60.7 Å². The van der Waals surface area contributed by atoms with Crippen LogP contribution < -0.4 is 23.7 Å². The Bertz CT molecular complexity index is 6910. The van der Waals surface area contributed by atoms with Crippen molar-refractivity contribution in [3.05, 3.63) is 354 Å². The summed E-state index contributed by atoms with van der Waals surface area (Å²) in [5.74, 6) is -2.67. The quantitative estimate of drug-likeness (QED) is 0.0629. The number of fused-ring (bicyclic) bond motifs is 15. The van der Waals surface area contributed by atoms with Crippen LogP contribution in [0, 0.1) is 29.6 Å². The second-order valence-corrected chi connectivity index (χ2v) is 38.3. The smallest absolute Gasteiger partial charge is 0.127 e. The number of rotatable bonds is 15. The van der Waals surface area contributed by atoms with Crippen molar-refractivity contribution in [2.24, 2.45) is 29.6 Å². The van der Waals surface area contributed by atoms with Crippen molar-refractivity contribution in [2.75, 3.05) is 0 Å². The number of phenols is 5. The van der Waals surface area contributed by atoms with Crippen LogP contribution in [0.15, 0.2) is 271 Å². The average Bonchev–Trinajstić information content (AvgIpc) is 0.696. The van der Waals surface area contributed by atoms with Crippen LogP contribution in [0.1, 0.15) is 317 Å². The van der Waals surface area contributed by atoms with Gasteiger partial charge in [0, 0.05) is 124 Å². The minimum atomic E-state index is -3.03. The molecule has 5 heterocycles. The Hall–Kier alpha value is -11.1. The number of hydrogen-bond donors (Lipinski definition) is 5. The minimum Gasteiger partial charge on any atom is -0.507 e. The van der Waals surface area contributed by atoms with Crippen LogP contribution in [0.25, 0.3) is 0 Å². The molecular weight excluding hydrogens is 1600 g/mol. The molecule has 0 radical (unpaired) electrons. The topological polar surface area (TPSA) is 147 Å². The van der Waals surface area contributed by atoms with Crippen LogP contribution in [0.5, 0.6) is 57.5 Å². The first-order valence-corrected chi connectivity index (χ1v) is 46.2. The Kier molecular flexibility index (Phi) is 19.0. The lowest BCUT2D eigenvalue weighted by Crippen LogP contribution is -2.45. The van der Waals surface area contributed by atoms with E-state index in [1.54, 1.807) is 56.3 Å². The molecule has 0 aromatic heterocycles. The molecule has 5 N–H and O–H groups in total. The third-order valence-electron chi connectivity index (χ3n) is 28.3. The van der Waals surface area contributed by atoms with E-state index in [-0.39, 0.29) is 94.3 Å². The Balaban J connectivity index is 0.000000139. The second kappa shape index (κ2) is 38.8. The van der Waals surface area contributed by atoms with Gasteiger partial charge in [0.25, 0.3) is 0 Å². The van der Waals surface area contributed by atoms with Gasteiger partial charge in [-0.15, -0.1) is 0 Å². The zero-order valence-corrected chi connectivity index (χ0v) is 75.3. The lowest BCUT2D eigenvalue weighted by atomic mass is 9.68. The van der Waals surface area contributed by atoms with Gasteiger partial charge in [-0.25, -0.2) is 0 Å². The standard InChI is InChI=1S/5C24H28O2/c5*1-16-9-12-20-19(13-16)23-21(25)14-18(15-22(23)26-24(20,2)3)11-10-17-7-5-4-6-8-17/h5*4-8,13-15,19-20,25H,9-12H2,1-3H3/i1D3,2D3,3D3;2D3,3D3;1D3,2D3;2D3;1D3. The Morgan fingerprint density at radius 2 is 0.431 bits per heavy atom. The predicted molar refractivity (Wildman–Crippen MR) is 529 cm³/mol. The lowest BCUT2D eigenvalue weighted by Gasteiger charge is -2.46. The maximum Gasteiger partial charge on any atom is 0.127 e. The number of ether oxygens (including phenoxy) is 5. The molecular formula is C120H140O10. The third-order valence-corrected chi connectivity index (χ3v) is 28.3. The monoisotopic (exact) mass is 1770 g/mol. The molecule has 5 aliphatic carbocycles. The maximum absolute atomic E-state index is 11.0. The predicted octanol–water partition coefficient (Wildman–Crippen LogP) is 28.9. The third kappa shape index (κ3) is 20.9. The van der Waals surface area contributed by atoms with Crippen LogP contribution >= 0.6 is 0 Å². The van der Waals surface area contributed by atoms with E-state index < -0.39 is 125 Å². The van der Waals surface area contributed by atoms with Gasteiger partial charge in [-0.05, 0) is 348 Å². The van der Waals surface area contributed by atoms with Crippen LogP contribution in [-0.4, -0.2) is 53.5 Å². The van der Waals surface area contributed by atoms with Gasteiger partial charge >= 0.3 is 0 Å². The van der Waals surface area contributed by atoms with E-state index in [2.05, 4.69) is 51.1 Å². The van der Waals surface area contributed by atoms with Crippen LogP contribution in [0.3, 0.4) is 0 Å². The molecule has 20 rings (SSSR count). The van der Waals surface area contributed by atoms with Gasteiger partial charge in [0.1, 0.15) is 85.5 Å². The van der Waals surface area contributed by atoms with Gasteiger partial charge in [-0.3, -0.25) is 0 Å². The number of phenolic OH excluding ortho intramolecular Hbond substituents is 5. The van der Waals surface area contributed by atoms with Crippen LogP contribution in [0.4, 0.5) is 0 Å². The van der Waals surface area contributed by atoms with Crippen molar-refractivity contribution in [2.45, 2.75) is 289 Å². The van der Waals surface area contributed by atoms with E-state index in [0.717, 1.165) is 113 Å². The van der Waals surface area contributed by atoms with Crippen molar-refractivity contribution in [3.63, 3.8) is 0 Å². The fourth-order valence-corrected chi connectivity index (χ4v) is 21.5. The summed E-state index contributed by atoms with van der Waals surface area (Å²) >= 11 is 0. The van der Waals surface area contributed by atoms with Crippen molar-refractivity contribution >= 4 is 0 Å². The highest BCUT2D eigenvalue weighted by Gasteiger charge is 2.51. The first-order chi connectivity index (χ1) is 73.3. The molecule has 10 heteroatoms. The summed E-state index contributed by atoms with van der Waals surface area (Å²) < 4.78 is 249. The fraction of sp³-hybridized carbons (Fsp3) is 0.417. The van der Waals surface area contributed by atoms with E-state index in [1.165, 1.54) is 22.8 Å².